The first-order valence-electron chi connectivity index (χ1n) is 4.32. The maximum atomic E-state index is 11.4. The molecule has 4 heteroatoms. The van der Waals surface area contributed by atoms with Crippen LogP contribution in [0.15, 0.2) is 0 Å². The number of carbonyl (C=O) groups excluding carboxylic acids is 1. The normalized spacial score (nSPS) is 24.7. The van der Waals surface area contributed by atoms with Crippen LogP contribution in [0, 0.1) is 0 Å². The lowest BCUT2D eigenvalue weighted by atomic mass is 10.1. The van der Waals surface area contributed by atoms with Gasteiger partial charge in [-0.2, -0.15) is 0 Å². The number of nitrogens with zero attached hydrogens (tertiary/aromatic N) is 1. The van der Waals surface area contributed by atoms with Gasteiger partial charge in [0.15, 0.2) is 0 Å². The van der Waals surface area contributed by atoms with Crippen LogP contribution in [0.1, 0.15) is 12.8 Å². The van der Waals surface area contributed by atoms with Crippen molar-refractivity contribution in [3.8, 4) is 0 Å². The Kier molecular flexibility index (Phi) is 3.49. The fourth-order valence-electron chi connectivity index (χ4n) is 1.27. The van der Waals surface area contributed by atoms with Crippen molar-refractivity contribution in [2.45, 2.75) is 18.9 Å². The van der Waals surface area contributed by atoms with Crippen molar-refractivity contribution in [3.05, 3.63) is 0 Å². The van der Waals surface area contributed by atoms with E-state index in [4.69, 9.17) is 10.5 Å². The smallest absolute Gasteiger partial charge is 0.251 e. The number of nitrogens with two attached hydrogens (primary N) is 1. The molecule has 0 aromatic heterocycles. The zero-order valence-electron chi connectivity index (χ0n) is 7.45. The van der Waals surface area contributed by atoms with Crippen LogP contribution in [0.5, 0.6) is 0 Å². The standard InChI is InChI=1S/C8H16N2O2/c1-10-5-6-12-7(8(10)11)3-2-4-9/h7H,2-6,9H2,1H3. The van der Waals surface area contributed by atoms with E-state index in [9.17, 15) is 4.79 Å². The van der Waals surface area contributed by atoms with E-state index in [0.29, 0.717) is 19.7 Å². The van der Waals surface area contributed by atoms with Gasteiger partial charge >= 0.3 is 0 Å². The van der Waals surface area contributed by atoms with Gasteiger partial charge in [0.05, 0.1) is 6.61 Å². The van der Waals surface area contributed by atoms with Crippen LogP contribution in [-0.2, 0) is 9.53 Å². The largest absolute Gasteiger partial charge is 0.367 e. The molecule has 1 atom stereocenters. The molecule has 0 radical (unpaired) electrons. The minimum atomic E-state index is -0.243. The molecule has 1 saturated heterocycles. The summed E-state index contributed by atoms with van der Waals surface area (Å²) < 4.78 is 5.32. The van der Waals surface area contributed by atoms with E-state index in [1.807, 2.05) is 0 Å². The molecular weight excluding hydrogens is 156 g/mol. The van der Waals surface area contributed by atoms with Crippen molar-refractivity contribution in [2.75, 3.05) is 26.7 Å². The van der Waals surface area contributed by atoms with Crippen LogP contribution in [0.4, 0.5) is 0 Å². The van der Waals surface area contributed by atoms with Crippen LogP contribution >= 0.6 is 0 Å². The van der Waals surface area contributed by atoms with Gasteiger partial charge in [0.25, 0.3) is 5.91 Å². The topological polar surface area (TPSA) is 55.6 Å². The van der Waals surface area contributed by atoms with E-state index in [-0.39, 0.29) is 12.0 Å². The van der Waals surface area contributed by atoms with Crippen molar-refractivity contribution >= 4 is 5.91 Å². The molecule has 0 aliphatic carbocycles. The second-order valence-electron chi connectivity index (χ2n) is 3.05. The molecule has 0 saturated carbocycles. The molecule has 1 aliphatic rings. The summed E-state index contributed by atoms with van der Waals surface area (Å²) in [6, 6.07) is 0. The monoisotopic (exact) mass is 172 g/mol. The lowest BCUT2D eigenvalue weighted by molar-refractivity contribution is -0.151. The number of morpholine rings is 1. The summed E-state index contributed by atoms with van der Waals surface area (Å²) in [5, 5.41) is 0. The number of carbonyl (C=O) groups is 1. The molecule has 4 nitrogen and oxygen atoms in total. The van der Waals surface area contributed by atoms with Crippen LogP contribution in [0.3, 0.4) is 0 Å². The van der Waals surface area contributed by atoms with Gasteiger partial charge < -0.3 is 15.4 Å². The maximum absolute atomic E-state index is 11.4. The van der Waals surface area contributed by atoms with Crippen LogP contribution in [0.25, 0.3) is 0 Å². The second-order valence-corrected chi connectivity index (χ2v) is 3.05. The molecule has 1 aliphatic heterocycles. The highest BCUT2D eigenvalue weighted by Crippen LogP contribution is 2.09. The summed E-state index contributed by atoms with van der Waals surface area (Å²) in [6.45, 7) is 1.98. The van der Waals surface area contributed by atoms with Crippen molar-refractivity contribution in [1.82, 2.24) is 4.90 Å². The molecule has 1 amide bonds. The van der Waals surface area contributed by atoms with Gasteiger partial charge in [0.1, 0.15) is 6.10 Å². The molecule has 12 heavy (non-hydrogen) atoms. The first-order valence-corrected chi connectivity index (χ1v) is 4.32. The molecule has 0 spiro atoms. The fraction of sp³-hybridized carbons (Fsp3) is 0.875. The molecule has 70 valence electrons. The van der Waals surface area contributed by atoms with Crippen molar-refractivity contribution in [1.29, 1.82) is 0 Å². The van der Waals surface area contributed by atoms with Gasteiger partial charge in [0.2, 0.25) is 0 Å². The van der Waals surface area contributed by atoms with Gasteiger partial charge in [0, 0.05) is 13.6 Å². The first-order chi connectivity index (χ1) is 5.75. The van der Waals surface area contributed by atoms with Gasteiger partial charge in [-0.1, -0.05) is 0 Å². The average molecular weight is 172 g/mol. The van der Waals surface area contributed by atoms with Crippen molar-refractivity contribution < 1.29 is 9.53 Å². The Bertz CT molecular complexity index is 161. The van der Waals surface area contributed by atoms with E-state index in [1.165, 1.54) is 0 Å². The molecular formula is C8H16N2O2. The maximum Gasteiger partial charge on any atom is 0.251 e. The number of ether oxygens (including phenoxy) is 1. The molecule has 2 N–H and O–H groups in total. The number of rotatable bonds is 3. The predicted molar refractivity (Wildman–Crippen MR) is 45.7 cm³/mol. The quantitative estimate of drug-likeness (QED) is 0.629. The molecule has 1 heterocycles. The zero-order chi connectivity index (χ0) is 8.97. The fourth-order valence-corrected chi connectivity index (χ4v) is 1.27. The average Bonchev–Trinajstić information content (AvgIpc) is 2.08. The minimum absolute atomic E-state index is 0.0923. The third kappa shape index (κ3) is 2.19. The van der Waals surface area contributed by atoms with E-state index in [0.717, 1.165) is 12.8 Å². The second kappa shape index (κ2) is 4.42. The van der Waals surface area contributed by atoms with Crippen molar-refractivity contribution in [2.24, 2.45) is 5.73 Å². The molecule has 1 unspecified atom stereocenters. The minimum Gasteiger partial charge on any atom is -0.367 e. The Hall–Kier alpha value is -0.610. The molecule has 1 rings (SSSR count). The van der Waals surface area contributed by atoms with Gasteiger partial charge in [-0.15, -0.1) is 0 Å². The van der Waals surface area contributed by atoms with Crippen LogP contribution in [-0.4, -0.2) is 43.7 Å². The van der Waals surface area contributed by atoms with Gasteiger partial charge in [-0.3, -0.25) is 4.79 Å². The number of likely N-dealkylation sites (N-methyl/N-ethyl adjacent to an activating group) is 1. The Balaban J connectivity index is 2.36. The summed E-state index contributed by atoms with van der Waals surface area (Å²) in [6.07, 6.45) is 1.36. The van der Waals surface area contributed by atoms with Crippen molar-refractivity contribution in [3.63, 3.8) is 0 Å². The summed E-state index contributed by atoms with van der Waals surface area (Å²) in [7, 11) is 1.81. The number of amides is 1. The Morgan fingerprint density at radius 1 is 1.75 bits per heavy atom. The van der Waals surface area contributed by atoms with Gasteiger partial charge in [-0.05, 0) is 19.4 Å². The zero-order valence-corrected chi connectivity index (χ0v) is 7.45. The molecule has 0 aromatic carbocycles. The number of hydrogen-bond acceptors (Lipinski definition) is 3. The SMILES string of the molecule is CN1CCOC(CCCN)C1=O. The van der Waals surface area contributed by atoms with Gasteiger partial charge in [-0.25, -0.2) is 0 Å². The highest BCUT2D eigenvalue weighted by molar-refractivity contribution is 5.81. The van der Waals surface area contributed by atoms with Crippen LogP contribution < -0.4 is 5.73 Å². The summed E-state index contributed by atoms with van der Waals surface area (Å²) in [5.74, 6) is 0.0923. The molecule has 0 bridgehead atoms. The molecule has 1 fully saturated rings. The lowest BCUT2D eigenvalue weighted by Gasteiger charge is -2.29. The lowest BCUT2D eigenvalue weighted by Crippen LogP contribution is -2.45. The predicted octanol–water partition coefficient (Wildman–Crippen LogP) is -0.417. The summed E-state index contributed by atoms with van der Waals surface area (Å²) >= 11 is 0. The Labute approximate surface area is 72.7 Å². The van der Waals surface area contributed by atoms with Crippen LogP contribution in [0.2, 0.25) is 0 Å². The third-order valence-corrected chi connectivity index (χ3v) is 2.07. The number of hydrogen-bond donors (Lipinski definition) is 1. The molecule has 0 aromatic rings. The van der Waals surface area contributed by atoms with E-state index >= 15 is 0 Å². The highest BCUT2D eigenvalue weighted by Gasteiger charge is 2.26. The van der Waals surface area contributed by atoms with E-state index in [1.54, 1.807) is 11.9 Å². The third-order valence-electron chi connectivity index (χ3n) is 2.07. The van der Waals surface area contributed by atoms with E-state index < -0.39 is 0 Å². The Morgan fingerprint density at radius 3 is 3.17 bits per heavy atom. The Morgan fingerprint density at radius 2 is 2.50 bits per heavy atom. The highest BCUT2D eigenvalue weighted by atomic mass is 16.5. The first kappa shape index (κ1) is 9.48. The summed E-state index contributed by atoms with van der Waals surface area (Å²) in [4.78, 5) is 13.1. The van der Waals surface area contributed by atoms with E-state index in [2.05, 4.69) is 0 Å². The summed E-state index contributed by atoms with van der Waals surface area (Å²) in [5.41, 5.74) is 5.35.